The van der Waals surface area contributed by atoms with Crippen LogP contribution in [0.4, 0.5) is 18.0 Å². The van der Waals surface area contributed by atoms with E-state index in [1.807, 2.05) is 0 Å². The summed E-state index contributed by atoms with van der Waals surface area (Å²) < 4.78 is 44.7. The maximum absolute atomic E-state index is 13.1. The first-order chi connectivity index (χ1) is 12.3. The van der Waals surface area contributed by atoms with E-state index in [1.165, 1.54) is 11.8 Å². The molecule has 1 aromatic rings. The van der Waals surface area contributed by atoms with Gasteiger partial charge in [-0.3, -0.25) is 0 Å². The Hall–Kier alpha value is -2.65. The Kier molecular flexibility index (Phi) is 5.48. The van der Waals surface area contributed by atoms with E-state index in [0.717, 1.165) is 0 Å². The monoisotopic (exact) mass is 385 g/mol. The Bertz CT molecular complexity index is 797. The summed E-state index contributed by atoms with van der Waals surface area (Å²) in [4.78, 5) is 22.0. The maximum atomic E-state index is 13.1. The Balaban J connectivity index is 2.44. The molecule has 0 bridgehead atoms. The predicted octanol–water partition coefficient (Wildman–Crippen LogP) is 2.96. The Morgan fingerprint density at radius 3 is 2.44 bits per heavy atom. The number of allylic oxidation sites excluding steroid dienone is 1. The van der Waals surface area contributed by atoms with Crippen LogP contribution in [0.15, 0.2) is 5.57 Å². The fourth-order valence-electron chi connectivity index (χ4n) is 2.70. The third kappa shape index (κ3) is 4.75. The van der Waals surface area contributed by atoms with E-state index in [2.05, 4.69) is 9.97 Å². The van der Waals surface area contributed by atoms with E-state index in [-0.39, 0.29) is 37.2 Å². The lowest BCUT2D eigenvalue weighted by atomic mass is 9.99. The van der Waals surface area contributed by atoms with Gasteiger partial charge in [0.05, 0.1) is 29.2 Å². The molecule has 10 heteroatoms. The number of halogens is 3. The molecule has 148 valence electrons. The summed E-state index contributed by atoms with van der Waals surface area (Å²) in [6.45, 7) is 7.08. The number of aryl methyl sites for hydroxylation is 1. The number of nitrogens with one attached hydrogen (secondary N) is 1. The zero-order valence-corrected chi connectivity index (χ0v) is 15.6. The minimum atomic E-state index is -4.77. The van der Waals surface area contributed by atoms with Crippen molar-refractivity contribution >= 4 is 18.0 Å². The van der Waals surface area contributed by atoms with Gasteiger partial charge in [-0.15, -0.1) is 0 Å². The van der Waals surface area contributed by atoms with Gasteiger partial charge in [0, 0.05) is 18.3 Å². The minimum absolute atomic E-state index is 0.0443. The molecule has 0 fully saturated rings. The van der Waals surface area contributed by atoms with Crippen molar-refractivity contribution in [2.24, 2.45) is 5.73 Å². The molecule has 27 heavy (non-hydrogen) atoms. The maximum Gasteiger partial charge on any atom is 0.419 e. The van der Waals surface area contributed by atoms with Crippen LogP contribution < -0.4 is 5.73 Å². The summed E-state index contributed by atoms with van der Waals surface area (Å²) in [6, 6.07) is 0. The molecule has 3 N–H and O–H groups in total. The second kappa shape index (κ2) is 7.16. The van der Waals surface area contributed by atoms with Crippen LogP contribution in [0.3, 0.4) is 0 Å². The lowest BCUT2D eigenvalue weighted by Gasteiger charge is -2.31. The van der Waals surface area contributed by atoms with Crippen molar-refractivity contribution in [1.29, 1.82) is 5.41 Å². The molecule has 0 aliphatic carbocycles. The normalized spacial score (nSPS) is 15.7. The summed E-state index contributed by atoms with van der Waals surface area (Å²) in [6.07, 6.45) is -4.89. The van der Waals surface area contributed by atoms with Crippen molar-refractivity contribution in [3.05, 3.63) is 28.3 Å². The minimum Gasteiger partial charge on any atom is -0.444 e. The van der Waals surface area contributed by atoms with E-state index in [0.29, 0.717) is 11.3 Å². The van der Waals surface area contributed by atoms with Gasteiger partial charge in [-0.1, -0.05) is 0 Å². The lowest BCUT2D eigenvalue weighted by molar-refractivity contribution is -0.0852. The van der Waals surface area contributed by atoms with Crippen LogP contribution in [0.1, 0.15) is 43.5 Å². The van der Waals surface area contributed by atoms with Gasteiger partial charge < -0.3 is 20.8 Å². The van der Waals surface area contributed by atoms with E-state index in [4.69, 9.17) is 15.9 Å². The topological polar surface area (TPSA) is 105 Å². The summed E-state index contributed by atoms with van der Waals surface area (Å²) in [5.41, 5.74) is 3.99. The van der Waals surface area contributed by atoms with Gasteiger partial charge >= 0.3 is 12.3 Å². The molecule has 0 spiro atoms. The highest BCUT2D eigenvalue weighted by Gasteiger charge is 2.36. The van der Waals surface area contributed by atoms with Crippen molar-refractivity contribution in [1.82, 2.24) is 14.9 Å². The Morgan fingerprint density at radius 2 is 1.93 bits per heavy atom. The number of alkyl halides is 3. The highest BCUT2D eigenvalue weighted by molar-refractivity contribution is 5.90. The van der Waals surface area contributed by atoms with Crippen molar-refractivity contribution < 1.29 is 22.7 Å². The Labute approximate surface area is 154 Å². The average molecular weight is 385 g/mol. The highest BCUT2D eigenvalue weighted by atomic mass is 19.4. The number of fused-ring (bicyclic) bond motifs is 1. The number of nitrogens with two attached hydrogens (primary N) is 1. The lowest BCUT2D eigenvalue weighted by Crippen LogP contribution is -2.40. The molecule has 1 amide bonds. The predicted molar refractivity (Wildman–Crippen MR) is 93.1 cm³/mol. The summed E-state index contributed by atoms with van der Waals surface area (Å²) >= 11 is 0. The summed E-state index contributed by atoms with van der Waals surface area (Å²) in [7, 11) is 0. The molecule has 0 radical (unpaired) electrons. The Morgan fingerprint density at radius 1 is 1.30 bits per heavy atom. The number of nitrogens with zero attached hydrogens (tertiary/aromatic N) is 3. The molecule has 2 rings (SSSR count). The molecular weight excluding hydrogens is 363 g/mol. The standard InChI is InChI=1S/C17H22F3N5O2/c1-9-23-12-8-25(15(26)27-16(2,3)4)6-5-10(12)14(24-9)13(22)11(7-21)17(18,19)20/h7,21H,5-6,8,22H2,1-4H3/b13-11+,21-7?. The van der Waals surface area contributed by atoms with Crippen molar-refractivity contribution in [2.45, 2.75) is 52.4 Å². The van der Waals surface area contributed by atoms with E-state index in [9.17, 15) is 18.0 Å². The quantitative estimate of drug-likeness (QED) is 0.762. The first kappa shape index (κ1) is 20.7. The fourth-order valence-corrected chi connectivity index (χ4v) is 2.70. The smallest absolute Gasteiger partial charge is 0.419 e. The van der Waals surface area contributed by atoms with Crippen molar-refractivity contribution in [2.75, 3.05) is 6.54 Å². The largest absolute Gasteiger partial charge is 0.444 e. The second-order valence-electron chi connectivity index (χ2n) is 7.17. The molecule has 2 heterocycles. The summed E-state index contributed by atoms with van der Waals surface area (Å²) in [5, 5.41) is 7.07. The molecule has 0 atom stereocenters. The fraction of sp³-hybridized carbons (Fsp3) is 0.529. The molecule has 7 nitrogen and oxygen atoms in total. The van der Waals surface area contributed by atoms with Gasteiger partial charge in [-0.2, -0.15) is 13.2 Å². The average Bonchev–Trinajstić information content (AvgIpc) is 2.50. The number of carbonyl (C=O) groups is 1. The van der Waals surface area contributed by atoms with E-state index in [1.54, 1.807) is 20.8 Å². The van der Waals surface area contributed by atoms with Gasteiger partial charge in [-0.05, 0) is 34.1 Å². The molecule has 1 aliphatic heterocycles. The second-order valence-corrected chi connectivity index (χ2v) is 7.17. The number of carbonyl (C=O) groups excluding carboxylic acids is 1. The number of hydrogen-bond acceptors (Lipinski definition) is 6. The zero-order chi connectivity index (χ0) is 20.6. The first-order valence-corrected chi connectivity index (χ1v) is 8.25. The SMILES string of the molecule is Cc1nc2c(c(/C(N)=C(/C=N)C(F)(F)F)n1)CCN(C(=O)OC(C)(C)C)C2. The van der Waals surface area contributed by atoms with Gasteiger partial charge in [-0.25, -0.2) is 14.8 Å². The van der Waals surface area contributed by atoms with Crippen LogP contribution >= 0.6 is 0 Å². The van der Waals surface area contributed by atoms with Gasteiger partial charge in [0.1, 0.15) is 11.4 Å². The van der Waals surface area contributed by atoms with E-state index < -0.39 is 29.1 Å². The third-order valence-corrected chi connectivity index (χ3v) is 3.82. The van der Waals surface area contributed by atoms with Gasteiger partial charge in [0.2, 0.25) is 0 Å². The number of ether oxygens (including phenoxy) is 1. The molecule has 0 unspecified atom stereocenters. The van der Waals surface area contributed by atoms with Crippen LogP contribution in [0.2, 0.25) is 0 Å². The number of hydrogen-bond donors (Lipinski definition) is 2. The zero-order valence-electron chi connectivity index (χ0n) is 15.6. The highest BCUT2D eigenvalue weighted by Crippen LogP contribution is 2.31. The van der Waals surface area contributed by atoms with Crippen LogP contribution in [0, 0.1) is 12.3 Å². The number of aromatic nitrogens is 2. The van der Waals surface area contributed by atoms with Crippen LogP contribution in [0.25, 0.3) is 5.70 Å². The number of amides is 1. The van der Waals surface area contributed by atoms with Gasteiger partial charge in [0.15, 0.2) is 0 Å². The summed E-state index contributed by atoms with van der Waals surface area (Å²) in [5.74, 6) is 0.226. The number of rotatable bonds is 2. The van der Waals surface area contributed by atoms with Crippen LogP contribution in [0.5, 0.6) is 0 Å². The molecule has 1 aromatic heterocycles. The molecule has 0 saturated carbocycles. The molecule has 0 aromatic carbocycles. The van der Waals surface area contributed by atoms with Gasteiger partial charge in [0.25, 0.3) is 0 Å². The van der Waals surface area contributed by atoms with Crippen LogP contribution in [-0.2, 0) is 17.7 Å². The van der Waals surface area contributed by atoms with Crippen LogP contribution in [-0.4, -0.2) is 45.5 Å². The van der Waals surface area contributed by atoms with Crippen molar-refractivity contribution in [3.8, 4) is 0 Å². The first-order valence-electron chi connectivity index (χ1n) is 8.25. The van der Waals surface area contributed by atoms with E-state index >= 15 is 0 Å². The molecule has 1 aliphatic rings. The third-order valence-electron chi connectivity index (χ3n) is 3.82. The van der Waals surface area contributed by atoms with Crippen molar-refractivity contribution in [3.63, 3.8) is 0 Å². The molecule has 0 saturated heterocycles. The molecular formula is C17H22F3N5O2.